The lowest BCUT2D eigenvalue weighted by molar-refractivity contribution is -0.142. The van der Waals surface area contributed by atoms with Gasteiger partial charge in [-0.3, -0.25) is 4.79 Å². The molecule has 5 heteroatoms. The first kappa shape index (κ1) is 14.5. The lowest BCUT2D eigenvalue weighted by atomic mass is 9.90. The fraction of sp³-hybridized carbons (Fsp3) is 0.714. The van der Waals surface area contributed by atoms with Crippen LogP contribution in [0.4, 0.5) is 0 Å². The van der Waals surface area contributed by atoms with Gasteiger partial charge >= 0.3 is 5.97 Å². The topological polar surface area (TPSA) is 59.4 Å². The molecule has 0 atom stereocenters. The molecule has 1 fully saturated rings. The summed E-state index contributed by atoms with van der Waals surface area (Å²) in [4.78, 5) is 15.9. The van der Waals surface area contributed by atoms with Crippen LogP contribution in [0.25, 0.3) is 0 Å². The number of rotatable bonds is 5. The standard InChI is InChI=1S/C14H21NO3S/c1-4-18-14(7-5-6-8-14)11-15-10(9-19-11)13(2,3)12(16)17/h9H,4-8H2,1-3H3,(H,16,17). The van der Waals surface area contributed by atoms with E-state index in [1.807, 2.05) is 12.3 Å². The second kappa shape index (κ2) is 5.21. The molecule has 1 saturated carbocycles. The van der Waals surface area contributed by atoms with Gasteiger partial charge in [0.25, 0.3) is 0 Å². The highest BCUT2D eigenvalue weighted by Gasteiger charge is 2.41. The average Bonchev–Trinajstić information content (AvgIpc) is 2.97. The largest absolute Gasteiger partial charge is 0.481 e. The molecule has 4 nitrogen and oxygen atoms in total. The quantitative estimate of drug-likeness (QED) is 0.900. The highest BCUT2D eigenvalue weighted by Crippen LogP contribution is 2.44. The number of aromatic nitrogens is 1. The SMILES string of the molecule is CCOC1(c2nc(C(C)(C)C(=O)O)cs2)CCCC1. The summed E-state index contributed by atoms with van der Waals surface area (Å²) in [5.41, 5.74) is -0.585. The van der Waals surface area contributed by atoms with Crippen molar-refractivity contribution in [2.75, 3.05) is 6.61 Å². The minimum atomic E-state index is -0.944. The van der Waals surface area contributed by atoms with Crippen LogP contribution in [0, 0.1) is 0 Å². The number of thiazole rings is 1. The smallest absolute Gasteiger partial charge is 0.315 e. The predicted molar refractivity (Wildman–Crippen MR) is 74.5 cm³/mol. The molecule has 19 heavy (non-hydrogen) atoms. The van der Waals surface area contributed by atoms with Crippen molar-refractivity contribution in [1.82, 2.24) is 4.98 Å². The Morgan fingerprint density at radius 1 is 1.53 bits per heavy atom. The average molecular weight is 283 g/mol. The van der Waals surface area contributed by atoms with Crippen molar-refractivity contribution in [1.29, 1.82) is 0 Å². The Kier molecular flexibility index (Phi) is 3.97. The van der Waals surface area contributed by atoms with E-state index >= 15 is 0 Å². The minimum absolute atomic E-state index is 0.272. The summed E-state index contributed by atoms with van der Waals surface area (Å²) in [6.45, 7) is 6.04. The Balaban J connectivity index is 2.32. The Hall–Kier alpha value is -0.940. The number of carbonyl (C=O) groups is 1. The lowest BCUT2D eigenvalue weighted by Gasteiger charge is -2.26. The Labute approximate surface area is 117 Å². The Bertz CT molecular complexity index is 461. The van der Waals surface area contributed by atoms with E-state index in [4.69, 9.17) is 4.74 Å². The molecular weight excluding hydrogens is 262 g/mol. The first-order valence-corrected chi connectivity index (χ1v) is 7.64. The van der Waals surface area contributed by atoms with Crippen LogP contribution >= 0.6 is 11.3 Å². The highest BCUT2D eigenvalue weighted by molar-refractivity contribution is 7.09. The summed E-state index contributed by atoms with van der Waals surface area (Å²) in [7, 11) is 0. The second-order valence-electron chi connectivity index (χ2n) is 5.60. The first-order chi connectivity index (χ1) is 8.92. The maximum absolute atomic E-state index is 11.3. The van der Waals surface area contributed by atoms with Gasteiger partial charge in [-0.2, -0.15) is 0 Å². The molecule has 0 amide bonds. The van der Waals surface area contributed by atoms with Gasteiger partial charge in [-0.05, 0) is 33.6 Å². The zero-order valence-electron chi connectivity index (χ0n) is 11.7. The predicted octanol–water partition coefficient (Wildman–Crippen LogP) is 3.31. The van der Waals surface area contributed by atoms with Crippen molar-refractivity contribution < 1.29 is 14.6 Å². The molecule has 0 aromatic carbocycles. The molecule has 1 aliphatic carbocycles. The number of hydrogen-bond donors (Lipinski definition) is 1. The summed E-state index contributed by atoms with van der Waals surface area (Å²) < 4.78 is 5.96. The number of carboxylic acid groups (broad SMARTS) is 1. The van der Waals surface area contributed by atoms with Crippen LogP contribution in [0.1, 0.15) is 57.2 Å². The molecule has 1 aromatic rings. The summed E-state index contributed by atoms with van der Waals surface area (Å²) >= 11 is 1.53. The third-order valence-electron chi connectivity index (χ3n) is 3.90. The van der Waals surface area contributed by atoms with Crippen LogP contribution in [0.5, 0.6) is 0 Å². The van der Waals surface area contributed by atoms with Crippen molar-refractivity contribution in [2.24, 2.45) is 0 Å². The van der Waals surface area contributed by atoms with E-state index < -0.39 is 11.4 Å². The van der Waals surface area contributed by atoms with Gasteiger partial charge in [-0.1, -0.05) is 12.8 Å². The normalized spacial score (nSPS) is 18.7. The van der Waals surface area contributed by atoms with Gasteiger partial charge in [0.15, 0.2) is 0 Å². The lowest BCUT2D eigenvalue weighted by Crippen LogP contribution is -2.30. The molecule has 0 bridgehead atoms. The van der Waals surface area contributed by atoms with Crippen molar-refractivity contribution >= 4 is 17.3 Å². The molecule has 2 rings (SSSR count). The van der Waals surface area contributed by atoms with Gasteiger partial charge < -0.3 is 9.84 Å². The van der Waals surface area contributed by atoms with Crippen molar-refractivity contribution in [3.05, 3.63) is 16.1 Å². The molecule has 0 aliphatic heterocycles. The number of nitrogens with zero attached hydrogens (tertiary/aromatic N) is 1. The molecular formula is C14H21NO3S. The van der Waals surface area contributed by atoms with Crippen LogP contribution in [-0.4, -0.2) is 22.7 Å². The third kappa shape index (κ3) is 2.54. The van der Waals surface area contributed by atoms with E-state index in [1.54, 1.807) is 13.8 Å². The van der Waals surface area contributed by atoms with E-state index in [0.717, 1.165) is 30.7 Å². The summed E-state index contributed by atoms with van der Waals surface area (Å²) in [5, 5.41) is 12.1. The second-order valence-corrected chi connectivity index (χ2v) is 6.46. The first-order valence-electron chi connectivity index (χ1n) is 6.76. The number of hydrogen-bond acceptors (Lipinski definition) is 4. The van der Waals surface area contributed by atoms with Gasteiger partial charge in [0.1, 0.15) is 16.0 Å². The van der Waals surface area contributed by atoms with Crippen LogP contribution < -0.4 is 0 Å². The van der Waals surface area contributed by atoms with Gasteiger partial charge in [0.05, 0.1) is 5.69 Å². The fourth-order valence-electron chi connectivity index (χ4n) is 2.52. The molecule has 0 unspecified atom stereocenters. The van der Waals surface area contributed by atoms with Crippen LogP contribution in [0.2, 0.25) is 0 Å². The molecule has 106 valence electrons. The fourth-order valence-corrected chi connectivity index (χ4v) is 3.72. The van der Waals surface area contributed by atoms with Gasteiger partial charge in [0, 0.05) is 12.0 Å². The molecule has 0 saturated heterocycles. The Morgan fingerprint density at radius 3 is 2.68 bits per heavy atom. The van der Waals surface area contributed by atoms with Crippen molar-refractivity contribution in [3.63, 3.8) is 0 Å². The summed E-state index contributed by atoms with van der Waals surface area (Å²) in [6.07, 6.45) is 4.27. The monoisotopic (exact) mass is 283 g/mol. The Morgan fingerprint density at radius 2 is 2.16 bits per heavy atom. The molecule has 1 N–H and O–H groups in total. The third-order valence-corrected chi connectivity index (χ3v) is 4.93. The van der Waals surface area contributed by atoms with Crippen LogP contribution in [-0.2, 0) is 20.5 Å². The van der Waals surface area contributed by atoms with E-state index in [-0.39, 0.29) is 5.60 Å². The molecule has 1 aromatic heterocycles. The summed E-state index contributed by atoms with van der Waals surface area (Å²) in [6, 6.07) is 0. The van der Waals surface area contributed by atoms with E-state index in [2.05, 4.69) is 4.98 Å². The maximum atomic E-state index is 11.3. The molecule has 1 heterocycles. The van der Waals surface area contributed by atoms with Crippen molar-refractivity contribution in [2.45, 2.75) is 57.5 Å². The number of ether oxygens (including phenoxy) is 1. The highest BCUT2D eigenvalue weighted by atomic mass is 32.1. The maximum Gasteiger partial charge on any atom is 0.315 e. The van der Waals surface area contributed by atoms with E-state index in [0.29, 0.717) is 12.3 Å². The van der Waals surface area contributed by atoms with Gasteiger partial charge in [-0.15, -0.1) is 11.3 Å². The van der Waals surface area contributed by atoms with Gasteiger partial charge in [0.2, 0.25) is 0 Å². The van der Waals surface area contributed by atoms with Crippen LogP contribution in [0.3, 0.4) is 0 Å². The number of aliphatic carboxylic acids is 1. The van der Waals surface area contributed by atoms with Crippen molar-refractivity contribution in [3.8, 4) is 0 Å². The summed E-state index contributed by atoms with van der Waals surface area (Å²) in [5.74, 6) is -0.846. The molecule has 0 radical (unpaired) electrons. The minimum Gasteiger partial charge on any atom is -0.481 e. The zero-order valence-corrected chi connectivity index (χ0v) is 12.5. The van der Waals surface area contributed by atoms with Gasteiger partial charge in [-0.25, -0.2) is 4.98 Å². The number of carboxylic acids is 1. The zero-order chi connectivity index (χ0) is 14.1. The molecule has 1 aliphatic rings. The molecule has 0 spiro atoms. The van der Waals surface area contributed by atoms with Crippen LogP contribution in [0.15, 0.2) is 5.38 Å². The van der Waals surface area contributed by atoms with E-state index in [9.17, 15) is 9.90 Å². The van der Waals surface area contributed by atoms with E-state index in [1.165, 1.54) is 11.3 Å².